The number of fused-ring (bicyclic) bond motifs is 2. The van der Waals surface area contributed by atoms with Gasteiger partial charge in [-0.25, -0.2) is 4.39 Å². The largest absolute Gasteiger partial charge is 0.348 e. The molecule has 4 rings (SSSR count). The highest BCUT2D eigenvalue weighted by molar-refractivity contribution is 7.99. The second-order valence-corrected chi connectivity index (χ2v) is 7.51. The van der Waals surface area contributed by atoms with Crippen molar-refractivity contribution < 1.29 is 9.18 Å². The highest BCUT2D eigenvalue weighted by Crippen LogP contribution is 2.36. The number of nitrogens with zero attached hydrogens (tertiary/aromatic N) is 1. The first kappa shape index (κ1) is 16.2. The molecule has 1 N–H and O–H groups in total. The minimum Gasteiger partial charge on any atom is -0.348 e. The number of thioether (sulfide) groups is 1. The number of halogens is 1. The lowest BCUT2D eigenvalue weighted by Gasteiger charge is -2.26. The third-order valence-corrected chi connectivity index (χ3v) is 5.79. The minimum absolute atomic E-state index is 0.0448. The number of benzene rings is 2. The lowest BCUT2D eigenvalue weighted by Crippen LogP contribution is -2.33. The zero-order chi connectivity index (χ0) is 17.4. The molecule has 2 aromatic carbocycles. The van der Waals surface area contributed by atoms with Crippen molar-refractivity contribution in [1.82, 2.24) is 9.88 Å². The second-order valence-electron chi connectivity index (χ2n) is 6.37. The number of rotatable bonds is 3. The lowest BCUT2D eigenvalue weighted by molar-refractivity contribution is -0.122. The summed E-state index contributed by atoms with van der Waals surface area (Å²) < 4.78 is 15.6. The van der Waals surface area contributed by atoms with Gasteiger partial charge in [-0.2, -0.15) is 0 Å². The van der Waals surface area contributed by atoms with Gasteiger partial charge >= 0.3 is 0 Å². The minimum atomic E-state index is -0.257. The average molecular weight is 354 g/mol. The summed E-state index contributed by atoms with van der Waals surface area (Å²) >= 11 is 1.71. The SMILES string of the molecule is Cc1cc2ccccc2n1CC(=O)NC1CCSc2ccc(F)cc21. The molecule has 0 fully saturated rings. The number of carbonyl (C=O) groups is 1. The van der Waals surface area contributed by atoms with Gasteiger partial charge in [-0.3, -0.25) is 4.79 Å². The van der Waals surface area contributed by atoms with Crippen LogP contribution >= 0.6 is 11.8 Å². The predicted octanol–water partition coefficient (Wildman–Crippen LogP) is 4.44. The molecule has 3 nitrogen and oxygen atoms in total. The van der Waals surface area contributed by atoms with E-state index >= 15 is 0 Å². The van der Waals surface area contributed by atoms with E-state index in [9.17, 15) is 9.18 Å². The Kier molecular flexibility index (Phi) is 4.25. The molecule has 128 valence electrons. The van der Waals surface area contributed by atoms with E-state index < -0.39 is 0 Å². The summed E-state index contributed by atoms with van der Waals surface area (Å²) in [6.07, 6.45) is 0.818. The number of hydrogen-bond acceptors (Lipinski definition) is 2. The molecule has 5 heteroatoms. The fourth-order valence-electron chi connectivity index (χ4n) is 3.46. The summed E-state index contributed by atoms with van der Waals surface area (Å²) in [5.41, 5.74) is 3.00. The standard InChI is InChI=1S/C20H19FN2OS/c1-13-10-14-4-2-3-5-18(14)23(13)12-20(24)22-17-8-9-25-19-7-6-15(21)11-16(17)19/h2-7,10-11,17H,8-9,12H2,1H3,(H,22,24). The van der Waals surface area contributed by atoms with Crippen molar-refractivity contribution in [1.29, 1.82) is 0 Å². The van der Waals surface area contributed by atoms with Gasteiger partial charge in [-0.15, -0.1) is 11.8 Å². The topological polar surface area (TPSA) is 34.0 Å². The van der Waals surface area contributed by atoms with Crippen LogP contribution in [0.25, 0.3) is 10.9 Å². The molecule has 1 atom stereocenters. The molecule has 0 saturated carbocycles. The van der Waals surface area contributed by atoms with E-state index in [2.05, 4.69) is 11.4 Å². The van der Waals surface area contributed by atoms with E-state index in [-0.39, 0.29) is 24.3 Å². The smallest absolute Gasteiger partial charge is 0.240 e. The Hall–Kier alpha value is -2.27. The number of para-hydroxylation sites is 1. The van der Waals surface area contributed by atoms with Crippen LogP contribution in [-0.4, -0.2) is 16.2 Å². The molecule has 1 aliphatic heterocycles. The van der Waals surface area contributed by atoms with Gasteiger partial charge in [0, 0.05) is 21.9 Å². The van der Waals surface area contributed by atoms with Gasteiger partial charge in [-0.05, 0) is 54.6 Å². The van der Waals surface area contributed by atoms with E-state index in [0.29, 0.717) is 0 Å². The van der Waals surface area contributed by atoms with Crippen molar-refractivity contribution in [3.05, 3.63) is 65.6 Å². The summed E-state index contributed by atoms with van der Waals surface area (Å²) in [6.45, 7) is 2.28. The molecule has 0 bridgehead atoms. The lowest BCUT2D eigenvalue weighted by atomic mass is 10.0. The Morgan fingerprint density at radius 3 is 3.00 bits per heavy atom. The molecule has 1 amide bonds. The summed E-state index contributed by atoms with van der Waals surface area (Å²) in [7, 11) is 0. The van der Waals surface area contributed by atoms with Crippen LogP contribution in [0.4, 0.5) is 4.39 Å². The third kappa shape index (κ3) is 3.16. The number of nitrogens with one attached hydrogen (secondary N) is 1. The zero-order valence-corrected chi connectivity index (χ0v) is 14.8. The Bertz CT molecular complexity index is 950. The van der Waals surface area contributed by atoms with Gasteiger partial charge in [-0.1, -0.05) is 18.2 Å². The third-order valence-electron chi connectivity index (χ3n) is 4.67. The van der Waals surface area contributed by atoms with Crippen LogP contribution < -0.4 is 5.32 Å². The molecule has 0 radical (unpaired) electrons. The molecule has 0 aliphatic carbocycles. The van der Waals surface area contributed by atoms with E-state index in [1.165, 1.54) is 6.07 Å². The van der Waals surface area contributed by atoms with Crippen molar-refractivity contribution in [2.45, 2.75) is 30.8 Å². The number of carbonyl (C=O) groups excluding carboxylic acids is 1. The van der Waals surface area contributed by atoms with Crippen LogP contribution in [0.1, 0.15) is 23.7 Å². The van der Waals surface area contributed by atoms with E-state index in [4.69, 9.17) is 0 Å². The summed E-state index contributed by atoms with van der Waals surface area (Å²) in [4.78, 5) is 13.7. The molecular weight excluding hydrogens is 335 g/mol. The highest BCUT2D eigenvalue weighted by atomic mass is 32.2. The van der Waals surface area contributed by atoms with Crippen molar-refractivity contribution in [3.8, 4) is 0 Å². The average Bonchev–Trinajstić information content (AvgIpc) is 2.91. The van der Waals surface area contributed by atoms with Gasteiger partial charge in [0.05, 0.1) is 6.04 Å². The maximum Gasteiger partial charge on any atom is 0.240 e. The first-order chi connectivity index (χ1) is 12.1. The fourth-order valence-corrected chi connectivity index (χ4v) is 4.56. The summed E-state index contributed by atoms with van der Waals surface area (Å²) in [6, 6.07) is 14.8. The molecule has 1 aliphatic rings. The quantitative estimate of drug-likeness (QED) is 0.754. The number of aromatic nitrogens is 1. The normalized spacial score (nSPS) is 16.6. The highest BCUT2D eigenvalue weighted by Gasteiger charge is 2.23. The van der Waals surface area contributed by atoms with Crippen LogP contribution in [0.5, 0.6) is 0 Å². The molecule has 3 aromatic rings. The van der Waals surface area contributed by atoms with Crippen molar-refractivity contribution in [2.75, 3.05) is 5.75 Å². The van der Waals surface area contributed by atoms with Gasteiger partial charge in [0.1, 0.15) is 12.4 Å². The zero-order valence-electron chi connectivity index (χ0n) is 14.0. The van der Waals surface area contributed by atoms with E-state index in [1.54, 1.807) is 23.9 Å². The Morgan fingerprint density at radius 2 is 2.12 bits per heavy atom. The Balaban J connectivity index is 1.55. The fraction of sp³-hybridized carbons (Fsp3) is 0.250. The maximum absolute atomic E-state index is 13.6. The van der Waals surface area contributed by atoms with Gasteiger partial charge in [0.2, 0.25) is 5.91 Å². The maximum atomic E-state index is 13.6. The van der Waals surface area contributed by atoms with Crippen LogP contribution in [0, 0.1) is 12.7 Å². The summed E-state index contributed by atoms with van der Waals surface area (Å²) in [5.74, 6) is 0.624. The van der Waals surface area contributed by atoms with E-state index in [0.717, 1.165) is 39.2 Å². The van der Waals surface area contributed by atoms with Gasteiger partial charge in [0.15, 0.2) is 0 Å². The number of amides is 1. The van der Waals surface area contributed by atoms with Crippen LogP contribution in [-0.2, 0) is 11.3 Å². The van der Waals surface area contributed by atoms with Gasteiger partial charge < -0.3 is 9.88 Å². The van der Waals surface area contributed by atoms with Gasteiger partial charge in [0.25, 0.3) is 0 Å². The Morgan fingerprint density at radius 1 is 1.28 bits per heavy atom. The van der Waals surface area contributed by atoms with Crippen LogP contribution in [0.2, 0.25) is 0 Å². The van der Waals surface area contributed by atoms with E-state index in [1.807, 2.05) is 35.8 Å². The molecule has 0 spiro atoms. The summed E-state index contributed by atoms with van der Waals surface area (Å²) in [5, 5.41) is 4.23. The molecule has 1 aromatic heterocycles. The predicted molar refractivity (Wildman–Crippen MR) is 99.3 cm³/mol. The number of hydrogen-bond donors (Lipinski definition) is 1. The Labute approximate surface area is 150 Å². The first-order valence-electron chi connectivity index (χ1n) is 8.38. The van der Waals surface area contributed by atoms with Crippen LogP contribution in [0.15, 0.2) is 53.4 Å². The molecular formula is C20H19FN2OS. The van der Waals surface area contributed by atoms with Crippen molar-refractivity contribution >= 4 is 28.6 Å². The second kappa shape index (κ2) is 6.56. The molecule has 0 saturated heterocycles. The first-order valence-corrected chi connectivity index (χ1v) is 9.37. The monoisotopic (exact) mass is 354 g/mol. The molecule has 2 heterocycles. The van der Waals surface area contributed by atoms with Crippen LogP contribution in [0.3, 0.4) is 0 Å². The molecule has 1 unspecified atom stereocenters. The van der Waals surface area contributed by atoms with Crippen molar-refractivity contribution in [3.63, 3.8) is 0 Å². The van der Waals surface area contributed by atoms with Crippen molar-refractivity contribution in [2.24, 2.45) is 0 Å². The number of aryl methyl sites for hydroxylation is 1. The molecule has 25 heavy (non-hydrogen) atoms.